The van der Waals surface area contributed by atoms with Crippen LogP contribution in [0.3, 0.4) is 0 Å². The van der Waals surface area contributed by atoms with Crippen LogP contribution in [0.25, 0.3) is 0 Å². The van der Waals surface area contributed by atoms with E-state index in [0.717, 1.165) is 25.0 Å². The van der Waals surface area contributed by atoms with Crippen molar-refractivity contribution in [2.24, 2.45) is 0 Å². The molecule has 0 heterocycles. The maximum absolute atomic E-state index is 12.5. The second-order valence-corrected chi connectivity index (χ2v) is 7.31. The number of nitro benzene ring substituents is 1. The number of hydrogen-bond acceptors (Lipinski definition) is 5. The molecular weight excluding hydrogens is 346 g/mol. The smallest absolute Gasteiger partial charge is 0.289 e. The second-order valence-electron chi connectivity index (χ2n) is 5.66. The van der Waals surface area contributed by atoms with Gasteiger partial charge in [0.25, 0.3) is 21.6 Å². The number of nitrogens with zero attached hydrogens (tertiary/aromatic N) is 1. The van der Waals surface area contributed by atoms with Crippen LogP contribution in [0, 0.1) is 10.1 Å². The largest absolute Gasteiger partial charge is 0.349 e. The fourth-order valence-corrected chi connectivity index (χ4v) is 3.49. The maximum Gasteiger partial charge on any atom is 0.289 e. The van der Waals surface area contributed by atoms with Crippen molar-refractivity contribution in [3.63, 3.8) is 0 Å². The molecular formula is C16H15N3O5S. The average molecular weight is 361 g/mol. The number of amides is 1. The van der Waals surface area contributed by atoms with Gasteiger partial charge in [-0.05, 0) is 37.1 Å². The molecule has 2 N–H and O–H groups in total. The van der Waals surface area contributed by atoms with Crippen LogP contribution >= 0.6 is 0 Å². The van der Waals surface area contributed by atoms with E-state index in [1.165, 1.54) is 24.3 Å². The summed E-state index contributed by atoms with van der Waals surface area (Å²) >= 11 is 0. The van der Waals surface area contributed by atoms with Crippen LogP contribution in [0.5, 0.6) is 0 Å². The SMILES string of the molecule is O=C(NC1CC1)c1cccc(NS(=O)(=O)c2ccccc2[N+](=O)[O-])c1. The van der Waals surface area contributed by atoms with E-state index in [9.17, 15) is 23.3 Å². The van der Waals surface area contributed by atoms with Gasteiger partial charge >= 0.3 is 0 Å². The van der Waals surface area contributed by atoms with E-state index < -0.39 is 25.5 Å². The van der Waals surface area contributed by atoms with Crippen LogP contribution in [-0.4, -0.2) is 25.3 Å². The van der Waals surface area contributed by atoms with E-state index in [0.29, 0.717) is 5.56 Å². The van der Waals surface area contributed by atoms with Crippen molar-refractivity contribution in [2.75, 3.05) is 4.72 Å². The van der Waals surface area contributed by atoms with Gasteiger partial charge in [0.15, 0.2) is 4.90 Å². The summed E-state index contributed by atoms with van der Waals surface area (Å²) < 4.78 is 27.2. The number of para-hydroxylation sites is 1. The molecule has 0 unspecified atom stereocenters. The van der Waals surface area contributed by atoms with Gasteiger partial charge in [0.1, 0.15) is 0 Å². The van der Waals surface area contributed by atoms with Crippen molar-refractivity contribution < 1.29 is 18.1 Å². The van der Waals surface area contributed by atoms with E-state index in [2.05, 4.69) is 10.0 Å². The highest BCUT2D eigenvalue weighted by atomic mass is 32.2. The van der Waals surface area contributed by atoms with E-state index in [-0.39, 0.29) is 17.6 Å². The first-order chi connectivity index (χ1) is 11.9. The lowest BCUT2D eigenvalue weighted by Gasteiger charge is -2.10. The first-order valence-corrected chi connectivity index (χ1v) is 9.02. The number of rotatable bonds is 6. The molecule has 1 aliphatic carbocycles. The molecule has 1 aliphatic rings. The summed E-state index contributed by atoms with van der Waals surface area (Å²) in [6.45, 7) is 0. The van der Waals surface area contributed by atoms with E-state index in [1.54, 1.807) is 12.1 Å². The van der Waals surface area contributed by atoms with E-state index in [4.69, 9.17) is 0 Å². The molecule has 0 bridgehead atoms. The highest BCUT2D eigenvalue weighted by Gasteiger charge is 2.26. The Labute approximate surface area is 144 Å². The van der Waals surface area contributed by atoms with Gasteiger partial charge in [0.2, 0.25) is 0 Å². The maximum atomic E-state index is 12.5. The Hall–Kier alpha value is -2.94. The van der Waals surface area contributed by atoms with Crippen LogP contribution in [0.15, 0.2) is 53.4 Å². The lowest BCUT2D eigenvalue weighted by Crippen LogP contribution is -2.25. The zero-order valence-corrected chi connectivity index (χ0v) is 13.8. The third kappa shape index (κ3) is 3.94. The summed E-state index contributed by atoms with van der Waals surface area (Å²) in [4.78, 5) is 21.9. The summed E-state index contributed by atoms with van der Waals surface area (Å²) in [7, 11) is -4.17. The minimum absolute atomic E-state index is 0.154. The zero-order valence-electron chi connectivity index (χ0n) is 13.0. The van der Waals surface area contributed by atoms with Gasteiger partial charge in [-0.15, -0.1) is 0 Å². The summed E-state index contributed by atoms with van der Waals surface area (Å²) in [6.07, 6.45) is 1.88. The molecule has 2 aromatic carbocycles. The molecule has 0 atom stereocenters. The molecule has 2 aromatic rings. The first kappa shape index (κ1) is 16.9. The van der Waals surface area contributed by atoms with Gasteiger partial charge in [-0.25, -0.2) is 8.42 Å². The molecule has 25 heavy (non-hydrogen) atoms. The highest BCUT2D eigenvalue weighted by Crippen LogP contribution is 2.26. The van der Waals surface area contributed by atoms with Crippen molar-refractivity contribution >= 4 is 27.3 Å². The van der Waals surface area contributed by atoms with Crippen molar-refractivity contribution in [3.05, 3.63) is 64.2 Å². The van der Waals surface area contributed by atoms with Gasteiger partial charge in [-0.3, -0.25) is 19.6 Å². The Balaban J connectivity index is 1.86. The standard InChI is InChI=1S/C16H15N3O5S/c20-16(17-12-8-9-12)11-4-3-5-13(10-11)18-25(23,24)15-7-2-1-6-14(15)19(21)22/h1-7,10,12,18H,8-9H2,(H,17,20). The topological polar surface area (TPSA) is 118 Å². The molecule has 9 heteroatoms. The van der Waals surface area contributed by atoms with Gasteiger partial charge in [-0.1, -0.05) is 18.2 Å². The van der Waals surface area contributed by atoms with Gasteiger partial charge < -0.3 is 5.32 Å². The quantitative estimate of drug-likeness (QED) is 0.604. The van der Waals surface area contributed by atoms with Crippen molar-refractivity contribution in [1.82, 2.24) is 5.32 Å². The number of anilines is 1. The number of hydrogen-bond donors (Lipinski definition) is 2. The van der Waals surface area contributed by atoms with Crippen LogP contribution < -0.4 is 10.0 Å². The fraction of sp³-hybridized carbons (Fsp3) is 0.188. The number of nitro groups is 1. The normalized spacial score (nSPS) is 13.9. The van der Waals surface area contributed by atoms with Gasteiger partial charge in [-0.2, -0.15) is 0 Å². The Kier molecular flexibility index (Phi) is 4.41. The average Bonchev–Trinajstić information content (AvgIpc) is 3.38. The molecule has 1 saturated carbocycles. The lowest BCUT2D eigenvalue weighted by molar-refractivity contribution is -0.387. The summed E-state index contributed by atoms with van der Waals surface area (Å²) in [5.41, 5.74) is -0.0473. The van der Waals surface area contributed by atoms with Crippen LogP contribution in [0.1, 0.15) is 23.2 Å². The molecule has 0 radical (unpaired) electrons. The number of carbonyl (C=O) groups is 1. The van der Waals surface area contributed by atoms with Crippen LogP contribution in [0.2, 0.25) is 0 Å². The fourth-order valence-electron chi connectivity index (χ4n) is 2.27. The number of nitrogens with one attached hydrogen (secondary N) is 2. The monoisotopic (exact) mass is 361 g/mol. The zero-order chi connectivity index (χ0) is 18.0. The van der Waals surface area contributed by atoms with Crippen molar-refractivity contribution in [2.45, 2.75) is 23.8 Å². The Morgan fingerprint density at radius 1 is 1.12 bits per heavy atom. The molecule has 1 fully saturated rings. The van der Waals surface area contributed by atoms with Gasteiger partial charge in [0, 0.05) is 23.4 Å². The molecule has 8 nitrogen and oxygen atoms in total. The molecule has 0 aliphatic heterocycles. The molecule has 0 saturated heterocycles. The second kappa shape index (κ2) is 6.52. The van der Waals surface area contributed by atoms with Crippen molar-refractivity contribution in [1.29, 1.82) is 0 Å². The Morgan fingerprint density at radius 2 is 1.84 bits per heavy atom. The molecule has 0 spiro atoms. The molecule has 3 rings (SSSR count). The predicted octanol–water partition coefficient (Wildman–Crippen LogP) is 2.29. The predicted molar refractivity (Wildman–Crippen MR) is 90.8 cm³/mol. The van der Waals surface area contributed by atoms with E-state index >= 15 is 0 Å². The third-order valence-electron chi connectivity index (χ3n) is 3.64. The van der Waals surface area contributed by atoms with Crippen LogP contribution in [0.4, 0.5) is 11.4 Å². The summed E-state index contributed by atoms with van der Waals surface area (Å²) in [5, 5.41) is 13.8. The lowest BCUT2D eigenvalue weighted by atomic mass is 10.2. The first-order valence-electron chi connectivity index (χ1n) is 7.54. The minimum Gasteiger partial charge on any atom is -0.349 e. The number of carbonyl (C=O) groups excluding carboxylic acids is 1. The summed E-state index contributed by atoms with van der Waals surface area (Å²) in [5.74, 6) is -0.283. The number of sulfonamides is 1. The van der Waals surface area contributed by atoms with Crippen molar-refractivity contribution in [3.8, 4) is 0 Å². The van der Waals surface area contributed by atoms with E-state index in [1.807, 2.05) is 0 Å². The molecule has 130 valence electrons. The summed E-state index contributed by atoms with van der Waals surface area (Å²) in [6, 6.07) is 11.2. The molecule has 1 amide bonds. The van der Waals surface area contributed by atoms with Crippen LogP contribution in [-0.2, 0) is 10.0 Å². The highest BCUT2D eigenvalue weighted by molar-refractivity contribution is 7.92. The molecule has 0 aromatic heterocycles. The third-order valence-corrected chi connectivity index (χ3v) is 5.07. The van der Waals surface area contributed by atoms with Gasteiger partial charge in [0.05, 0.1) is 4.92 Å². The Morgan fingerprint density at radius 3 is 2.52 bits per heavy atom. The Bertz CT molecular complexity index is 938. The minimum atomic E-state index is -4.17. The number of benzene rings is 2.